The predicted molar refractivity (Wildman–Crippen MR) is 89.3 cm³/mol. The van der Waals surface area contributed by atoms with Gasteiger partial charge in [0.2, 0.25) is 0 Å². The van der Waals surface area contributed by atoms with Crippen molar-refractivity contribution in [2.75, 3.05) is 10.8 Å². The number of phenols is 1. The Morgan fingerprint density at radius 3 is 2.65 bits per heavy atom. The maximum absolute atomic E-state index is 13.0. The van der Waals surface area contributed by atoms with Crippen LogP contribution in [0.15, 0.2) is 47.4 Å². The lowest BCUT2D eigenvalue weighted by atomic mass is 10.2. The number of nitrogens with two attached hydrogens (primary N) is 1. The van der Waals surface area contributed by atoms with Crippen molar-refractivity contribution < 1.29 is 28.0 Å². The molecule has 0 aliphatic carbocycles. The van der Waals surface area contributed by atoms with E-state index in [2.05, 4.69) is 0 Å². The number of para-hydroxylation sites is 2. The Morgan fingerprint density at radius 2 is 2.00 bits per heavy atom. The summed E-state index contributed by atoms with van der Waals surface area (Å²) in [6.07, 6.45) is -1.22. The molecule has 2 aromatic carbocycles. The molecule has 0 spiro atoms. The van der Waals surface area contributed by atoms with Crippen molar-refractivity contribution in [3.05, 3.63) is 52.6 Å². The van der Waals surface area contributed by atoms with Gasteiger partial charge in [-0.2, -0.15) is 0 Å². The summed E-state index contributed by atoms with van der Waals surface area (Å²) in [5, 5.41) is 20.5. The number of amides is 1. The number of sulfonamides is 1. The molecule has 26 heavy (non-hydrogen) atoms. The third-order valence-corrected chi connectivity index (χ3v) is 5.56. The minimum absolute atomic E-state index is 0.138. The molecular weight excluding hydrogens is 366 g/mol. The zero-order valence-corrected chi connectivity index (χ0v) is 13.9. The summed E-state index contributed by atoms with van der Waals surface area (Å²) in [4.78, 5) is 21.2. The topological polar surface area (TPSA) is 153 Å². The highest BCUT2D eigenvalue weighted by Crippen LogP contribution is 2.38. The first kappa shape index (κ1) is 17.5. The molecule has 0 fully saturated rings. The summed E-state index contributed by atoms with van der Waals surface area (Å²) < 4.78 is 32.3. The fraction of sp³-hybridized carbons (Fsp3) is 0.133. The summed E-state index contributed by atoms with van der Waals surface area (Å²) in [5.74, 6) is -1.37. The highest BCUT2D eigenvalue weighted by Gasteiger charge is 2.37. The maximum Gasteiger partial charge on any atom is 0.312 e. The molecule has 1 aliphatic rings. The third-order valence-electron chi connectivity index (χ3n) is 3.78. The molecule has 1 unspecified atom stereocenters. The summed E-state index contributed by atoms with van der Waals surface area (Å²) in [6.45, 7) is -0.386. The number of nitrogens with zero attached hydrogens (tertiary/aromatic N) is 2. The number of carbonyl (C=O) groups is 1. The first-order valence-corrected chi connectivity index (χ1v) is 8.71. The van der Waals surface area contributed by atoms with E-state index in [1.807, 2.05) is 0 Å². The Hall–Kier alpha value is -3.34. The minimum Gasteiger partial charge on any atom is -0.502 e. The van der Waals surface area contributed by atoms with Crippen molar-refractivity contribution >= 4 is 27.3 Å². The van der Waals surface area contributed by atoms with Gasteiger partial charge < -0.3 is 15.6 Å². The van der Waals surface area contributed by atoms with E-state index in [1.165, 1.54) is 12.1 Å². The van der Waals surface area contributed by atoms with E-state index < -0.39 is 43.3 Å². The summed E-state index contributed by atoms with van der Waals surface area (Å²) in [7, 11) is -4.28. The summed E-state index contributed by atoms with van der Waals surface area (Å²) >= 11 is 0. The Kier molecular flexibility index (Phi) is 4.16. The maximum atomic E-state index is 13.0. The largest absolute Gasteiger partial charge is 0.502 e. The Labute approximate surface area is 147 Å². The van der Waals surface area contributed by atoms with E-state index in [0.717, 1.165) is 22.5 Å². The highest BCUT2D eigenvalue weighted by atomic mass is 32.2. The molecule has 1 atom stereocenters. The zero-order chi connectivity index (χ0) is 19.1. The van der Waals surface area contributed by atoms with Crippen LogP contribution in [-0.4, -0.2) is 37.0 Å². The number of rotatable bonds is 4. The number of aromatic hydroxyl groups is 1. The van der Waals surface area contributed by atoms with Gasteiger partial charge in [0.05, 0.1) is 22.1 Å². The van der Waals surface area contributed by atoms with Crippen LogP contribution in [0.5, 0.6) is 11.5 Å². The van der Waals surface area contributed by atoms with Crippen molar-refractivity contribution in [1.82, 2.24) is 0 Å². The molecule has 3 rings (SSSR count). The number of nitro benzene ring substituents is 1. The zero-order valence-electron chi connectivity index (χ0n) is 13.1. The first-order chi connectivity index (χ1) is 12.2. The van der Waals surface area contributed by atoms with Crippen molar-refractivity contribution in [3.63, 3.8) is 0 Å². The normalized spacial score (nSPS) is 16.5. The second kappa shape index (κ2) is 6.19. The van der Waals surface area contributed by atoms with Crippen LogP contribution in [0.3, 0.4) is 0 Å². The van der Waals surface area contributed by atoms with Crippen LogP contribution in [0, 0.1) is 10.1 Å². The second-order valence-corrected chi connectivity index (χ2v) is 7.28. The van der Waals surface area contributed by atoms with Gasteiger partial charge in [-0.05, 0) is 24.3 Å². The molecule has 3 N–H and O–H groups in total. The van der Waals surface area contributed by atoms with Crippen molar-refractivity contribution in [1.29, 1.82) is 0 Å². The number of phenolic OH excluding ortho intramolecular Hbond substituents is 1. The Morgan fingerprint density at radius 1 is 1.31 bits per heavy atom. The Balaban J connectivity index is 2.13. The van der Waals surface area contributed by atoms with Gasteiger partial charge in [0.1, 0.15) is 5.75 Å². The van der Waals surface area contributed by atoms with Crippen LogP contribution in [0.25, 0.3) is 0 Å². The number of nitro groups is 1. The summed E-state index contributed by atoms with van der Waals surface area (Å²) in [5.41, 5.74) is 4.66. The second-order valence-electron chi connectivity index (χ2n) is 5.42. The van der Waals surface area contributed by atoms with Crippen molar-refractivity contribution in [2.24, 2.45) is 5.73 Å². The average Bonchev–Trinajstić information content (AvgIpc) is 2.60. The van der Waals surface area contributed by atoms with Crippen LogP contribution in [0.1, 0.15) is 0 Å². The van der Waals surface area contributed by atoms with Crippen LogP contribution >= 0.6 is 0 Å². The first-order valence-electron chi connectivity index (χ1n) is 7.27. The lowest BCUT2D eigenvalue weighted by Gasteiger charge is -2.34. The number of primary amides is 1. The molecule has 11 heteroatoms. The molecule has 1 amide bonds. The molecule has 0 radical (unpaired) electrons. The standard InChI is InChI=1S/C15H13N3O7S/c16-15(20)14-8-17(10-3-1-2-4-13(10)25-14)26(23,24)9-5-6-12(19)11(7-9)18(21)22/h1-7,14,19H,8H2,(H2,16,20). The number of carbonyl (C=O) groups excluding carboxylic acids is 1. The van der Waals surface area contributed by atoms with Crippen LogP contribution in [-0.2, 0) is 14.8 Å². The van der Waals surface area contributed by atoms with Crippen LogP contribution < -0.4 is 14.8 Å². The fourth-order valence-electron chi connectivity index (χ4n) is 2.52. The predicted octanol–water partition coefficient (Wildman–Crippen LogP) is 0.742. The number of ether oxygens (including phenoxy) is 1. The van der Waals surface area contributed by atoms with Crippen LogP contribution in [0.2, 0.25) is 0 Å². The van der Waals surface area contributed by atoms with Gasteiger partial charge in [-0.3, -0.25) is 19.2 Å². The fourth-order valence-corrected chi connectivity index (χ4v) is 4.01. The SMILES string of the molecule is NC(=O)C1CN(S(=O)(=O)c2ccc(O)c([N+](=O)[O-])c2)c2ccccc2O1. The van der Waals surface area contributed by atoms with Crippen LogP contribution in [0.4, 0.5) is 11.4 Å². The number of hydrogen-bond acceptors (Lipinski definition) is 7. The average molecular weight is 379 g/mol. The van der Waals surface area contributed by atoms with Gasteiger partial charge in [0.25, 0.3) is 15.9 Å². The van der Waals surface area contributed by atoms with Crippen molar-refractivity contribution in [2.45, 2.75) is 11.0 Å². The number of hydrogen-bond donors (Lipinski definition) is 2. The minimum atomic E-state index is -4.28. The van der Waals surface area contributed by atoms with Gasteiger partial charge in [0, 0.05) is 6.07 Å². The van der Waals surface area contributed by atoms with E-state index >= 15 is 0 Å². The van der Waals surface area contributed by atoms with E-state index in [1.54, 1.807) is 12.1 Å². The molecule has 0 aromatic heterocycles. The number of benzene rings is 2. The lowest BCUT2D eigenvalue weighted by Crippen LogP contribution is -2.49. The molecule has 10 nitrogen and oxygen atoms in total. The lowest BCUT2D eigenvalue weighted by molar-refractivity contribution is -0.386. The number of fused-ring (bicyclic) bond motifs is 1. The molecule has 0 saturated carbocycles. The molecule has 0 bridgehead atoms. The van der Waals surface area contributed by atoms with Gasteiger partial charge in [0.15, 0.2) is 11.9 Å². The molecule has 2 aromatic rings. The summed E-state index contributed by atoms with van der Waals surface area (Å²) in [6, 6.07) is 8.83. The molecule has 1 aliphatic heterocycles. The smallest absolute Gasteiger partial charge is 0.312 e. The van der Waals surface area contributed by atoms with E-state index in [0.29, 0.717) is 0 Å². The van der Waals surface area contributed by atoms with E-state index in [-0.39, 0.29) is 18.0 Å². The van der Waals surface area contributed by atoms with E-state index in [4.69, 9.17) is 10.5 Å². The van der Waals surface area contributed by atoms with Gasteiger partial charge >= 0.3 is 5.69 Å². The molecule has 0 saturated heterocycles. The third kappa shape index (κ3) is 2.88. The van der Waals surface area contributed by atoms with Crippen molar-refractivity contribution in [3.8, 4) is 11.5 Å². The monoisotopic (exact) mass is 379 g/mol. The van der Waals surface area contributed by atoms with E-state index in [9.17, 15) is 28.4 Å². The molecule has 136 valence electrons. The quantitative estimate of drug-likeness (QED) is 0.587. The number of anilines is 1. The van der Waals surface area contributed by atoms with Gasteiger partial charge in [-0.1, -0.05) is 12.1 Å². The Bertz CT molecular complexity index is 1010. The van der Waals surface area contributed by atoms with Gasteiger partial charge in [-0.15, -0.1) is 0 Å². The molecule has 1 heterocycles. The van der Waals surface area contributed by atoms with Gasteiger partial charge in [-0.25, -0.2) is 8.42 Å². The highest BCUT2D eigenvalue weighted by molar-refractivity contribution is 7.92. The molecular formula is C15H13N3O7S.